The normalized spacial score (nSPS) is 13.7. The first kappa shape index (κ1) is 15.4. The van der Waals surface area contributed by atoms with Crippen LogP contribution in [0, 0.1) is 5.82 Å². The highest BCUT2D eigenvalue weighted by atomic mass is 19.1. The molecular weight excluding hydrogens is 247 g/mol. The molecule has 0 radical (unpaired) electrons. The third-order valence-corrected chi connectivity index (χ3v) is 2.69. The van der Waals surface area contributed by atoms with Gasteiger partial charge in [-0.2, -0.15) is 0 Å². The van der Waals surface area contributed by atoms with Crippen LogP contribution in [0.2, 0.25) is 0 Å². The highest BCUT2D eigenvalue weighted by Crippen LogP contribution is 2.25. The Bertz CT molecular complexity index is 435. The first-order valence-corrected chi connectivity index (χ1v) is 6.45. The molecule has 0 fully saturated rings. The van der Waals surface area contributed by atoms with Gasteiger partial charge in [-0.25, -0.2) is 4.39 Å². The summed E-state index contributed by atoms with van der Waals surface area (Å²) in [6.07, 6.45) is 0.162. The second-order valence-electron chi connectivity index (χ2n) is 4.52. The molecule has 19 heavy (non-hydrogen) atoms. The lowest BCUT2D eigenvalue weighted by Crippen LogP contribution is -2.36. The van der Waals surface area contributed by atoms with Crippen LogP contribution in [-0.2, 0) is 4.79 Å². The molecule has 0 saturated carbocycles. The van der Waals surface area contributed by atoms with Crippen LogP contribution in [0.1, 0.15) is 38.8 Å². The van der Waals surface area contributed by atoms with Crippen molar-refractivity contribution >= 4 is 5.91 Å². The van der Waals surface area contributed by atoms with Gasteiger partial charge < -0.3 is 15.8 Å². The van der Waals surface area contributed by atoms with Gasteiger partial charge in [0.15, 0.2) is 6.10 Å². The molecule has 1 aromatic rings. The lowest BCUT2D eigenvalue weighted by molar-refractivity contribution is -0.127. The maximum Gasteiger partial charge on any atom is 0.260 e. The van der Waals surface area contributed by atoms with E-state index in [1.54, 1.807) is 19.9 Å². The van der Waals surface area contributed by atoms with Crippen LogP contribution in [0.25, 0.3) is 0 Å². The van der Waals surface area contributed by atoms with E-state index in [1.165, 1.54) is 12.1 Å². The molecule has 0 aliphatic heterocycles. The fraction of sp³-hybridized carbons (Fsp3) is 0.500. The number of carbonyl (C=O) groups is 1. The molecule has 1 aromatic carbocycles. The highest BCUT2D eigenvalue weighted by Gasteiger charge is 2.17. The third-order valence-electron chi connectivity index (χ3n) is 2.69. The Labute approximate surface area is 113 Å². The van der Waals surface area contributed by atoms with Gasteiger partial charge in [-0.1, -0.05) is 13.0 Å². The number of carbonyl (C=O) groups excluding carboxylic acids is 1. The monoisotopic (exact) mass is 268 g/mol. The standard InChI is InChI=1S/C14H21FN2O2/c1-4-7-17-14(18)10(3)19-13-8-11(15)5-6-12(13)9(2)16/h5-6,8-10H,4,7,16H2,1-3H3,(H,17,18)/t9-,10?/m0/s1. The van der Waals surface area contributed by atoms with Crippen molar-refractivity contribution < 1.29 is 13.9 Å². The maximum atomic E-state index is 13.2. The van der Waals surface area contributed by atoms with Crippen molar-refractivity contribution in [1.29, 1.82) is 0 Å². The summed E-state index contributed by atoms with van der Waals surface area (Å²) in [5.41, 5.74) is 6.47. The number of ether oxygens (including phenoxy) is 1. The second-order valence-corrected chi connectivity index (χ2v) is 4.52. The Morgan fingerprint density at radius 3 is 2.74 bits per heavy atom. The molecule has 0 bridgehead atoms. The number of hydrogen-bond acceptors (Lipinski definition) is 3. The zero-order valence-electron chi connectivity index (χ0n) is 11.6. The molecule has 0 spiro atoms. The van der Waals surface area contributed by atoms with Crippen molar-refractivity contribution in [3.05, 3.63) is 29.6 Å². The largest absolute Gasteiger partial charge is 0.480 e. The zero-order chi connectivity index (χ0) is 14.4. The molecule has 1 amide bonds. The molecule has 0 saturated heterocycles. The van der Waals surface area contributed by atoms with Crippen LogP contribution in [0.4, 0.5) is 4.39 Å². The Kier molecular flexibility index (Phi) is 5.76. The van der Waals surface area contributed by atoms with Crippen molar-refractivity contribution in [3.8, 4) is 5.75 Å². The fourth-order valence-corrected chi connectivity index (χ4v) is 1.62. The van der Waals surface area contributed by atoms with Crippen LogP contribution < -0.4 is 15.8 Å². The van der Waals surface area contributed by atoms with Gasteiger partial charge in [0.2, 0.25) is 0 Å². The van der Waals surface area contributed by atoms with Gasteiger partial charge in [0, 0.05) is 24.2 Å². The predicted octanol–water partition coefficient (Wildman–Crippen LogP) is 2.14. The molecule has 1 unspecified atom stereocenters. The van der Waals surface area contributed by atoms with Gasteiger partial charge in [-0.3, -0.25) is 4.79 Å². The Hall–Kier alpha value is -1.62. The summed E-state index contributed by atoms with van der Waals surface area (Å²) >= 11 is 0. The van der Waals surface area contributed by atoms with Crippen molar-refractivity contribution in [2.75, 3.05) is 6.54 Å². The van der Waals surface area contributed by atoms with Gasteiger partial charge in [-0.05, 0) is 26.3 Å². The molecular formula is C14H21FN2O2. The Balaban J connectivity index is 2.80. The summed E-state index contributed by atoms with van der Waals surface area (Å²) in [4.78, 5) is 11.7. The van der Waals surface area contributed by atoms with E-state index in [0.717, 1.165) is 6.42 Å². The van der Waals surface area contributed by atoms with E-state index in [-0.39, 0.29) is 11.9 Å². The molecule has 1 rings (SSSR count). The number of nitrogens with one attached hydrogen (secondary N) is 1. The van der Waals surface area contributed by atoms with E-state index in [0.29, 0.717) is 17.9 Å². The van der Waals surface area contributed by atoms with Crippen molar-refractivity contribution in [3.63, 3.8) is 0 Å². The maximum absolute atomic E-state index is 13.2. The van der Waals surface area contributed by atoms with Gasteiger partial charge in [0.05, 0.1) is 0 Å². The number of rotatable bonds is 6. The van der Waals surface area contributed by atoms with Crippen LogP contribution in [0.3, 0.4) is 0 Å². The van der Waals surface area contributed by atoms with Gasteiger partial charge in [0.25, 0.3) is 5.91 Å². The van der Waals surface area contributed by atoms with Crippen LogP contribution in [0.5, 0.6) is 5.75 Å². The summed E-state index contributed by atoms with van der Waals surface area (Å²) in [5, 5.41) is 2.73. The average Bonchev–Trinajstić information content (AvgIpc) is 2.35. The minimum Gasteiger partial charge on any atom is -0.480 e. The number of nitrogens with two attached hydrogens (primary N) is 1. The average molecular weight is 268 g/mol. The fourth-order valence-electron chi connectivity index (χ4n) is 1.62. The quantitative estimate of drug-likeness (QED) is 0.830. The molecule has 2 atom stereocenters. The minimum atomic E-state index is -0.689. The second kappa shape index (κ2) is 7.09. The first-order chi connectivity index (χ1) is 8.95. The van der Waals surface area contributed by atoms with E-state index in [1.807, 2.05) is 6.92 Å². The van der Waals surface area contributed by atoms with Crippen LogP contribution >= 0.6 is 0 Å². The summed E-state index contributed by atoms with van der Waals surface area (Å²) < 4.78 is 18.8. The molecule has 0 aliphatic carbocycles. The van der Waals surface area contributed by atoms with E-state index in [9.17, 15) is 9.18 Å². The smallest absolute Gasteiger partial charge is 0.260 e. The molecule has 0 heterocycles. The molecule has 0 aliphatic rings. The van der Waals surface area contributed by atoms with Crippen molar-refractivity contribution in [2.24, 2.45) is 5.73 Å². The number of amides is 1. The van der Waals surface area contributed by atoms with Gasteiger partial charge in [-0.15, -0.1) is 0 Å². The van der Waals surface area contributed by atoms with E-state index >= 15 is 0 Å². The summed E-state index contributed by atoms with van der Waals surface area (Å²) in [6.45, 7) is 5.96. The summed E-state index contributed by atoms with van der Waals surface area (Å²) in [5.74, 6) is -0.323. The van der Waals surface area contributed by atoms with E-state index in [4.69, 9.17) is 10.5 Å². The number of hydrogen-bond donors (Lipinski definition) is 2. The SMILES string of the molecule is CCCNC(=O)C(C)Oc1cc(F)ccc1[C@H](C)N. The van der Waals surface area contributed by atoms with Crippen molar-refractivity contribution in [2.45, 2.75) is 39.3 Å². The van der Waals surface area contributed by atoms with Gasteiger partial charge in [0.1, 0.15) is 11.6 Å². The topological polar surface area (TPSA) is 64.3 Å². The predicted molar refractivity (Wildman–Crippen MR) is 72.4 cm³/mol. The third kappa shape index (κ3) is 4.52. The molecule has 4 nitrogen and oxygen atoms in total. The minimum absolute atomic E-state index is 0.221. The zero-order valence-corrected chi connectivity index (χ0v) is 11.6. The van der Waals surface area contributed by atoms with Crippen molar-refractivity contribution in [1.82, 2.24) is 5.32 Å². The lowest BCUT2D eigenvalue weighted by Gasteiger charge is -2.18. The molecule has 0 aromatic heterocycles. The van der Waals surface area contributed by atoms with Crippen LogP contribution in [0.15, 0.2) is 18.2 Å². The molecule has 5 heteroatoms. The first-order valence-electron chi connectivity index (χ1n) is 6.45. The molecule has 106 valence electrons. The van der Waals surface area contributed by atoms with Gasteiger partial charge >= 0.3 is 0 Å². The highest BCUT2D eigenvalue weighted by molar-refractivity contribution is 5.80. The summed E-state index contributed by atoms with van der Waals surface area (Å²) in [7, 11) is 0. The number of benzene rings is 1. The molecule has 3 N–H and O–H groups in total. The Morgan fingerprint density at radius 2 is 2.16 bits per heavy atom. The lowest BCUT2D eigenvalue weighted by atomic mass is 10.1. The van der Waals surface area contributed by atoms with E-state index in [2.05, 4.69) is 5.32 Å². The summed E-state index contributed by atoms with van der Waals surface area (Å²) in [6, 6.07) is 3.86. The van der Waals surface area contributed by atoms with E-state index < -0.39 is 11.9 Å². The van der Waals surface area contributed by atoms with Crippen LogP contribution in [-0.4, -0.2) is 18.6 Å². The Morgan fingerprint density at radius 1 is 1.47 bits per heavy atom. The number of halogens is 1.